The van der Waals surface area contributed by atoms with Crippen LogP contribution in [0.4, 0.5) is 17.3 Å². The predicted octanol–water partition coefficient (Wildman–Crippen LogP) is 2.37. The summed E-state index contributed by atoms with van der Waals surface area (Å²) in [5.41, 5.74) is -0.146. The summed E-state index contributed by atoms with van der Waals surface area (Å²) in [6, 6.07) is 7.11. The number of halogens is 1. The smallest absolute Gasteiger partial charge is 0.353 e. The van der Waals surface area contributed by atoms with Crippen LogP contribution in [0.2, 0.25) is 5.02 Å². The zero-order chi connectivity index (χ0) is 18.4. The first-order valence-electron chi connectivity index (χ1n) is 8.10. The second-order valence-electron chi connectivity index (χ2n) is 5.46. The Morgan fingerprint density at radius 2 is 2.08 bits per heavy atom. The third-order valence-electron chi connectivity index (χ3n) is 3.78. The minimum Gasteiger partial charge on any atom is -0.490 e. The Hall–Kier alpha value is -2.65. The molecule has 10 heteroatoms. The molecule has 1 saturated heterocycles. The van der Waals surface area contributed by atoms with E-state index in [2.05, 4.69) is 15.3 Å². The minimum absolute atomic E-state index is 0.146. The number of hydrogen-bond acceptors (Lipinski definition) is 8. The van der Waals surface area contributed by atoms with Crippen molar-refractivity contribution in [3.63, 3.8) is 0 Å². The van der Waals surface area contributed by atoms with E-state index in [1.54, 1.807) is 12.1 Å². The number of para-hydroxylation sites is 1. The van der Waals surface area contributed by atoms with Gasteiger partial charge in [0.1, 0.15) is 18.7 Å². The highest BCUT2D eigenvalue weighted by atomic mass is 35.5. The summed E-state index contributed by atoms with van der Waals surface area (Å²) >= 11 is 6.02. The third kappa shape index (κ3) is 4.30. The molecule has 1 aromatic heterocycles. The molecule has 1 N–H and O–H groups in total. The molecule has 1 aliphatic heterocycles. The molecule has 0 aliphatic carbocycles. The quantitative estimate of drug-likeness (QED) is 0.444. The Morgan fingerprint density at radius 3 is 2.81 bits per heavy atom. The summed E-state index contributed by atoms with van der Waals surface area (Å²) in [5.74, 6) is 1.01. The molecule has 0 spiro atoms. The Morgan fingerprint density at radius 1 is 1.31 bits per heavy atom. The van der Waals surface area contributed by atoms with Crippen LogP contribution in [0.3, 0.4) is 0 Å². The highest BCUT2D eigenvalue weighted by molar-refractivity contribution is 6.32. The van der Waals surface area contributed by atoms with Crippen molar-refractivity contribution in [3.05, 3.63) is 45.7 Å². The Balaban J connectivity index is 1.67. The van der Waals surface area contributed by atoms with E-state index < -0.39 is 4.92 Å². The normalized spacial score (nSPS) is 14.1. The topological polar surface area (TPSA) is 103 Å². The monoisotopic (exact) mass is 379 g/mol. The molecule has 0 unspecified atom stereocenters. The van der Waals surface area contributed by atoms with Crippen molar-refractivity contribution in [2.24, 2.45) is 0 Å². The van der Waals surface area contributed by atoms with Crippen LogP contribution in [0.1, 0.15) is 0 Å². The van der Waals surface area contributed by atoms with Gasteiger partial charge in [-0.3, -0.25) is 10.1 Å². The predicted molar refractivity (Wildman–Crippen MR) is 97.2 cm³/mol. The largest absolute Gasteiger partial charge is 0.490 e. The molecule has 0 saturated carbocycles. The summed E-state index contributed by atoms with van der Waals surface area (Å²) in [4.78, 5) is 21.0. The van der Waals surface area contributed by atoms with Gasteiger partial charge < -0.3 is 19.7 Å². The van der Waals surface area contributed by atoms with Gasteiger partial charge in [0.2, 0.25) is 11.6 Å². The van der Waals surface area contributed by atoms with Crippen molar-refractivity contribution >= 4 is 28.9 Å². The number of rotatable bonds is 7. The van der Waals surface area contributed by atoms with E-state index in [4.69, 9.17) is 21.1 Å². The van der Waals surface area contributed by atoms with Gasteiger partial charge in [0.25, 0.3) is 0 Å². The van der Waals surface area contributed by atoms with Gasteiger partial charge in [-0.05, 0) is 12.1 Å². The lowest BCUT2D eigenvalue weighted by molar-refractivity contribution is -0.383. The zero-order valence-electron chi connectivity index (χ0n) is 13.9. The van der Waals surface area contributed by atoms with Crippen molar-refractivity contribution in [2.45, 2.75) is 0 Å². The molecule has 1 fully saturated rings. The summed E-state index contributed by atoms with van der Waals surface area (Å²) in [5, 5.41) is 15.0. The molecule has 0 radical (unpaired) electrons. The Labute approximate surface area is 155 Å². The number of nitrogens with zero attached hydrogens (tertiary/aromatic N) is 4. The van der Waals surface area contributed by atoms with E-state index in [0.717, 1.165) is 0 Å². The van der Waals surface area contributed by atoms with Gasteiger partial charge in [-0.25, -0.2) is 9.97 Å². The van der Waals surface area contributed by atoms with Crippen LogP contribution in [-0.2, 0) is 4.74 Å². The molecule has 26 heavy (non-hydrogen) atoms. The summed E-state index contributed by atoms with van der Waals surface area (Å²) < 4.78 is 10.9. The van der Waals surface area contributed by atoms with Gasteiger partial charge >= 0.3 is 5.69 Å². The van der Waals surface area contributed by atoms with Gasteiger partial charge in [-0.1, -0.05) is 23.7 Å². The number of morpholine rings is 1. The van der Waals surface area contributed by atoms with Crippen LogP contribution in [0.25, 0.3) is 0 Å². The van der Waals surface area contributed by atoms with Crippen molar-refractivity contribution in [1.29, 1.82) is 0 Å². The van der Waals surface area contributed by atoms with Crippen LogP contribution in [0, 0.1) is 10.1 Å². The van der Waals surface area contributed by atoms with Gasteiger partial charge in [0, 0.05) is 13.1 Å². The first-order chi connectivity index (χ1) is 12.7. The molecule has 3 rings (SSSR count). The average molecular weight is 380 g/mol. The molecule has 0 bridgehead atoms. The van der Waals surface area contributed by atoms with Gasteiger partial charge in [0.05, 0.1) is 29.7 Å². The van der Waals surface area contributed by atoms with Gasteiger partial charge in [0.15, 0.2) is 0 Å². The van der Waals surface area contributed by atoms with Crippen LogP contribution in [0.15, 0.2) is 30.6 Å². The van der Waals surface area contributed by atoms with Crippen molar-refractivity contribution in [3.8, 4) is 5.75 Å². The lowest BCUT2D eigenvalue weighted by Crippen LogP contribution is -2.37. The van der Waals surface area contributed by atoms with Crippen LogP contribution in [0.5, 0.6) is 5.75 Å². The van der Waals surface area contributed by atoms with Crippen molar-refractivity contribution < 1.29 is 14.4 Å². The second-order valence-corrected chi connectivity index (χ2v) is 5.86. The fourth-order valence-corrected chi connectivity index (χ4v) is 2.76. The third-order valence-corrected chi connectivity index (χ3v) is 4.10. The van der Waals surface area contributed by atoms with E-state index in [9.17, 15) is 10.1 Å². The number of hydrogen-bond donors (Lipinski definition) is 1. The zero-order valence-corrected chi connectivity index (χ0v) is 14.7. The Bertz CT molecular complexity index is 770. The first kappa shape index (κ1) is 18.2. The molecule has 138 valence electrons. The number of aromatic nitrogens is 2. The molecular weight excluding hydrogens is 362 g/mol. The molecule has 2 aromatic rings. The van der Waals surface area contributed by atoms with Crippen LogP contribution in [-0.4, -0.2) is 54.3 Å². The molecule has 2 heterocycles. The average Bonchev–Trinajstić information content (AvgIpc) is 2.67. The lowest BCUT2D eigenvalue weighted by Gasteiger charge is -2.27. The van der Waals surface area contributed by atoms with Crippen LogP contribution >= 0.6 is 11.6 Å². The second kappa shape index (κ2) is 8.63. The number of nitrogens with one attached hydrogen (secondary N) is 1. The standard InChI is InChI=1S/C16H18ClN5O4/c17-12-3-1-2-4-13(12)26-8-5-18-15-14(22(23)24)16(20-11-19-15)21-6-9-25-10-7-21/h1-4,11H,5-10H2,(H,18,19,20). The SMILES string of the molecule is O=[N+]([O-])c1c(NCCOc2ccccc2Cl)ncnc1N1CCOCC1. The number of nitro groups is 1. The maximum atomic E-state index is 11.6. The van der Waals surface area contributed by atoms with Crippen molar-refractivity contribution in [2.75, 3.05) is 49.7 Å². The maximum Gasteiger partial charge on any atom is 0.353 e. The molecule has 0 atom stereocenters. The van der Waals surface area contributed by atoms with Crippen molar-refractivity contribution in [1.82, 2.24) is 9.97 Å². The highest BCUT2D eigenvalue weighted by Crippen LogP contribution is 2.32. The summed E-state index contributed by atoms with van der Waals surface area (Å²) in [6.45, 7) is 2.72. The molecule has 0 amide bonds. The Kier molecular flexibility index (Phi) is 6.03. The van der Waals surface area contributed by atoms with E-state index in [-0.39, 0.29) is 18.1 Å². The molecule has 1 aliphatic rings. The first-order valence-corrected chi connectivity index (χ1v) is 8.48. The fraction of sp³-hybridized carbons (Fsp3) is 0.375. The van der Waals surface area contributed by atoms with E-state index >= 15 is 0 Å². The number of anilines is 2. The summed E-state index contributed by atoms with van der Waals surface area (Å²) in [6.07, 6.45) is 1.31. The summed E-state index contributed by atoms with van der Waals surface area (Å²) in [7, 11) is 0. The maximum absolute atomic E-state index is 11.6. The molecular formula is C16H18ClN5O4. The van der Waals surface area contributed by atoms with Crippen LogP contribution < -0.4 is 15.0 Å². The lowest BCUT2D eigenvalue weighted by atomic mass is 10.3. The highest BCUT2D eigenvalue weighted by Gasteiger charge is 2.27. The van der Waals surface area contributed by atoms with Gasteiger partial charge in [-0.2, -0.15) is 0 Å². The number of benzene rings is 1. The van der Waals surface area contributed by atoms with E-state index in [0.29, 0.717) is 49.4 Å². The van der Waals surface area contributed by atoms with E-state index in [1.807, 2.05) is 17.0 Å². The minimum atomic E-state index is -0.470. The molecule has 9 nitrogen and oxygen atoms in total. The van der Waals surface area contributed by atoms with Gasteiger partial charge in [-0.15, -0.1) is 0 Å². The fourth-order valence-electron chi connectivity index (χ4n) is 2.57. The molecule has 1 aromatic carbocycles. The number of ether oxygens (including phenoxy) is 2. The van der Waals surface area contributed by atoms with E-state index in [1.165, 1.54) is 6.33 Å².